The zero-order chi connectivity index (χ0) is 20.6. The number of rotatable bonds is 3. The number of ether oxygens (including phenoxy) is 2. The van der Waals surface area contributed by atoms with E-state index in [9.17, 15) is 22.0 Å². The van der Waals surface area contributed by atoms with Crippen LogP contribution in [0.4, 0.5) is 27.6 Å². The molecule has 29 heavy (non-hydrogen) atoms. The first-order chi connectivity index (χ1) is 13.8. The number of fused-ring (bicyclic) bond motifs is 1. The highest BCUT2D eigenvalue weighted by molar-refractivity contribution is 5.79. The van der Waals surface area contributed by atoms with Gasteiger partial charge in [-0.2, -0.15) is 0 Å². The topological polar surface area (TPSA) is 30.5 Å². The van der Waals surface area contributed by atoms with Gasteiger partial charge in [-0.15, -0.1) is 13.2 Å². The van der Waals surface area contributed by atoms with Crippen molar-refractivity contribution in [2.45, 2.75) is 12.4 Å². The molecule has 1 aliphatic heterocycles. The van der Waals surface area contributed by atoms with Crippen LogP contribution in [0.2, 0.25) is 0 Å². The first kappa shape index (κ1) is 19.0. The Morgan fingerprint density at radius 2 is 1.66 bits per heavy atom. The summed E-state index contributed by atoms with van der Waals surface area (Å²) in [4.78, 5) is 0. The van der Waals surface area contributed by atoms with Gasteiger partial charge in [0.05, 0.1) is 11.7 Å². The molecular weight excluding hydrogens is 393 g/mol. The van der Waals surface area contributed by atoms with Crippen molar-refractivity contribution in [3.63, 3.8) is 0 Å². The van der Waals surface area contributed by atoms with Gasteiger partial charge in [0.25, 0.3) is 0 Å². The minimum absolute atomic E-state index is 0.108. The molecular formula is C21H14F5NO2. The summed E-state index contributed by atoms with van der Waals surface area (Å²) < 4.78 is 74.4. The van der Waals surface area contributed by atoms with Gasteiger partial charge in [-0.05, 0) is 41.5 Å². The molecule has 0 spiro atoms. The third kappa shape index (κ3) is 4.26. The van der Waals surface area contributed by atoms with E-state index >= 15 is 0 Å². The number of hydrogen-bond acceptors (Lipinski definition) is 3. The molecule has 1 N–H and O–H groups in total. The van der Waals surface area contributed by atoms with Crippen LogP contribution in [-0.2, 0) is 0 Å². The number of anilines is 1. The number of para-hydroxylation sites is 1. The van der Waals surface area contributed by atoms with Gasteiger partial charge in [-0.1, -0.05) is 24.3 Å². The first-order valence-corrected chi connectivity index (χ1v) is 8.63. The Morgan fingerprint density at radius 3 is 2.38 bits per heavy atom. The van der Waals surface area contributed by atoms with Crippen LogP contribution in [0.3, 0.4) is 0 Å². The molecule has 3 aromatic carbocycles. The fourth-order valence-corrected chi connectivity index (χ4v) is 3.25. The number of nitrogens with one attached hydrogen (secondary N) is 1. The second-order valence-corrected chi connectivity index (χ2v) is 6.47. The summed E-state index contributed by atoms with van der Waals surface area (Å²) >= 11 is 0. The first-order valence-electron chi connectivity index (χ1n) is 8.63. The van der Waals surface area contributed by atoms with Gasteiger partial charge < -0.3 is 14.8 Å². The van der Waals surface area contributed by atoms with E-state index in [4.69, 9.17) is 4.74 Å². The smallest absolute Gasteiger partial charge is 0.488 e. The van der Waals surface area contributed by atoms with E-state index in [-0.39, 0.29) is 12.4 Å². The molecule has 0 radical (unpaired) electrons. The molecule has 0 bridgehead atoms. The number of halogens is 5. The summed E-state index contributed by atoms with van der Waals surface area (Å²) in [7, 11) is 0. The van der Waals surface area contributed by atoms with E-state index in [1.54, 1.807) is 24.3 Å². The van der Waals surface area contributed by atoms with Gasteiger partial charge in [-0.3, -0.25) is 0 Å². The third-order valence-corrected chi connectivity index (χ3v) is 4.41. The molecule has 150 valence electrons. The maximum atomic E-state index is 13.6. The van der Waals surface area contributed by atoms with Gasteiger partial charge in [0.2, 0.25) is 0 Å². The Morgan fingerprint density at radius 1 is 0.931 bits per heavy atom. The molecule has 1 heterocycles. The Hall–Kier alpha value is -3.29. The van der Waals surface area contributed by atoms with Crippen molar-refractivity contribution in [2.24, 2.45) is 0 Å². The second-order valence-electron chi connectivity index (χ2n) is 6.47. The predicted octanol–water partition coefficient (Wildman–Crippen LogP) is 6.08. The van der Waals surface area contributed by atoms with Gasteiger partial charge >= 0.3 is 6.36 Å². The SMILES string of the molecule is Fc1cc(F)cc(-c2cccc3c2OCC(c2cccc(OC(F)(F)F)c2)N3)c1. The second kappa shape index (κ2) is 7.27. The molecule has 1 atom stereocenters. The Labute approximate surface area is 162 Å². The molecule has 4 rings (SSSR count). The molecule has 0 aromatic heterocycles. The lowest BCUT2D eigenvalue weighted by Crippen LogP contribution is -2.24. The lowest BCUT2D eigenvalue weighted by Gasteiger charge is -2.29. The molecule has 1 unspecified atom stereocenters. The van der Waals surface area contributed by atoms with E-state index < -0.39 is 24.0 Å². The number of hydrogen-bond donors (Lipinski definition) is 1. The van der Waals surface area contributed by atoms with Crippen LogP contribution in [0.1, 0.15) is 11.6 Å². The van der Waals surface area contributed by atoms with Crippen LogP contribution >= 0.6 is 0 Å². The minimum atomic E-state index is -4.78. The van der Waals surface area contributed by atoms with Gasteiger partial charge in [0, 0.05) is 11.6 Å². The lowest BCUT2D eigenvalue weighted by atomic mass is 10.0. The molecule has 0 fully saturated rings. The quantitative estimate of drug-likeness (QED) is 0.534. The maximum absolute atomic E-state index is 13.6. The van der Waals surface area contributed by atoms with Gasteiger partial charge in [0.15, 0.2) is 0 Å². The van der Waals surface area contributed by atoms with Crippen LogP contribution in [0.15, 0.2) is 60.7 Å². The largest absolute Gasteiger partial charge is 0.573 e. The molecule has 0 saturated carbocycles. The highest BCUT2D eigenvalue weighted by atomic mass is 19.4. The molecule has 1 aliphatic rings. The average molecular weight is 407 g/mol. The molecule has 0 aliphatic carbocycles. The summed E-state index contributed by atoms with van der Waals surface area (Å²) in [5, 5.41) is 3.19. The molecule has 8 heteroatoms. The molecule has 0 amide bonds. The van der Waals surface area contributed by atoms with Gasteiger partial charge in [-0.25, -0.2) is 8.78 Å². The van der Waals surface area contributed by atoms with Crippen molar-refractivity contribution in [1.82, 2.24) is 0 Å². The Kier molecular flexibility index (Phi) is 4.77. The normalized spacial score (nSPS) is 15.8. The van der Waals surface area contributed by atoms with Crippen LogP contribution in [0, 0.1) is 11.6 Å². The summed E-state index contributed by atoms with van der Waals surface area (Å²) in [6.45, 7) is 0.108. The average Bonchev–Trinajstić information content (AvgIpc) is 2.65. The van der Waals surface area contributed by atoms with Crippen molar-refractivity contribution in [1.29, 1.82) is 0 Å². The molecule has 3 nitrogen and oxygen atoms in total. The van der Waals surface area contributed by atoms with E-state index in [0.717, 1.165) is 6.07 Å². The van der Waals surface area contributed by atoms with Crippen molar-refractivity contribution in [2.75, 3.05) is 11.9 Å². The summed E-state index contributed by atoms with van der Waals surface area (Å²) in [5.41, 5.74) is 1.92. The highest BCUT2D eigenvalue weighted by Crippen LogP contribution is 2.42. The van der Waals surface area contributed by atoms with Crippen molar-refractivity contribution in [3.05, 3.63) is 77.9 Å². The van der Waals surface area contributed by atoms with Crippen LogP contribution in [0.5, 0.6) is 11.5 Å². The Bertz CT molecular complexity index is 1030. The maximum Gasteiger partial charge on any atom is 0.573 e. The van der Waals surface area contributed by atoms with E-state index in [1.165, 1.54) is 30.3 Å². The fraction of sp³-hybridized carbons (Fsp3) is 0.143. The van der Waals surface area contributed by atoms with Crippen LogP contribution < -0.4 is 14.8 Å². The summed E-state index contributed by atoms with van der Waals surface area (Å²) in [6.07, 6.45) is -4.78. The number of alkyl halides is 3. The fourth-order valence-electron chi connectivity index (χ4n) is 3.25. The number of benzene rings is 3. The lowest BCUT2D eigenvalue weighted by molar-refractivity contribution is -0.274. The van der Waals surface area contributed by atoms with E-state index in [2.05, 4.69) is 10.1 Å². The van der Waals surface area contributed by atoms with E-state index in [0.29, 0.717) is 28.1 Å². The zero-order valence-electron chi connectivity index (χ0n) is 14.8. The third-order valence-electron chi connectivity index (χ3n) is 4.41. The monoisotopic (exact) mass is 407 g/mol. The van der Waals surface area contributed by atoms with E-state index in [1.807, 2.05) is 0 Å². The van der Waals surface area contributed by atoms with Crippen molar-refractivity contribution < 1.29 is 31.4 Å². The minimum Gasteiger partial charge on any atom is -0.488 e. The standard InChI is InChI=1S/C21H14F5NO2/c22-14-7-13(8-15(23)10-14)17-5-2-6-18-20(17)28-11-19(27-18)12-3-1-4-16(9-12)29-21(24,25)26/h1-10,19,27H,11H2. The predicted molar refractivity (Wildman–Crippen MR) is 96.8 cm³/mol. The highest BCUT2D eigenvalue weighted by Gasteiger charge is 2.31. The van der Waals surface area contributed by atoms with Crippen LogP contribution in [-0.4, -0.2) is 13.0 Å². The molecule has 3 aromatic rings. The summed E-state index contributed by atoms with van der Waals surface area (Å²) in [5.74, 6) is -1.33. The Balaban J connectivity index is 1.63. The van der Waals surface area contributed by atoms with Crippen molar-refractivity contribution >= 4 is 5.69 Å². The van der Waals surface area contributed by atoms with Gasteiger partial charge in [0.1, 0.15) is 29.7 Å². The zero-order valence-corrected chi connectivity index (χ0v) is 14.8. The van der Waals surface area contributed by atoms with Crippen LogP contribution in [0.25, 0.3) is 11.1 Å². The summed E-state index contributed by atoms with van der Waals surface area (Å²) in [6, 6.07) is 13.4. The molecule has 0 saturated heterocycles. The van der Waals surface area contributed by atoms with Crippen molar-refractivity contribution in [3.8, 4) is 22.6 Å².